The third-order valence-electron chi connectivity index (χ3n) is 5.98. The van der Waals surface area contributed by atoms with E-state index in [0.29, 0.717) is 41.7 Å². The van der Waals surface area contributed by atoms with Crippen molar-refractivity contribution in [2.24, 2.45) is 0 Å². The summed E-state index contributed by atoms with van der Waals surface area (Å²) in [5.41, 5.74) is 0.729. The Labute approximate surface area is 194 Å². The van der Waals surface area contributed by atoms with Crippen LogP contribution in [0.25, 0.3) is 17.0 Å². The van der Waals surface area contributed by atoms with Crippen LogP contribution in [0.1, 0.15) is 36.0 Å². The molecule has 176 valence electrons. The quantitative estimate of drug-likeness (QED) is 0.529. The number of nitrogens with zero attached hydrogens (tertiary/aromatic N) is 7. The van der Waals surface area contributed by atoms with Crippen molar-refractivity contribution in [2.45, 2.75) is 25.7 Å². The molecule has 0 atom stereocenters. The lowest BCUT2D eigenvalue weighted by molar-refractivity contribution is -0.128. The summed E-state index contributed by atoms with van der Waals surface area (Å²) in [4.78, 5) is 37.2. The Bertz CT molecular complexity index is 1290. The number of methoxy groups -OCH3 is 1. The summed E-state index contributed by atoms with van der Waals surface area (Å²) >= 11 is 0. The summed E-state index contributed by atoms with van der Waals surface area (Å²) in [5, 5.41) is 0.449. The zero-order valence-electron chi connectivity index (χ0n) is 18.8. The molecule has 4 heterocycles. The molecule has 1 aliphatic heterocycles. The molecule has 2 fully saturated rings. The van der Waals surface area contributed by atoms with Crippen LogP contribution in [0.5, 0.6) is 6.01 Å². The lowest BCUT2D eigenvalue weighted by atomic mass is 10.2. The summed E-state index contributed by atoms with van der Waals surface area (Å²) < 4.78 is 34.5. The lowest BCUT2D eigenvalue weighted by Crippen LogP contribution is -2.49. The van der Waals surface area contributed by atoms with Crippen LogP contribution in [0.2, 0.25) is 0 Å². The largest absolute Gasteiger partial charge is 0.467 e. The average molecular weight is 467 g/mol. The molecule has 1 aliphatic carbocycles. The molecule has 3 aromatic heterocycles. The van der Waals surface area contributed by atoms with Gasteiger partial charge in [0.15, 0.2) is 11.6 Å². The van der Waals surface area contributed by atoms with Crippen molar-refractivity contribution in [3.05, 3.63) is 47.3 Å². The van der Waals surface area contributed by atoms with Crippen LogP contribution in [0.4, 0.5) is 14.6 Å². The van der Waals surface area contributed by atoms with Gasteiger partial charge in [-0.3, -0.25) is 9.78 Å². The van der Waals surface area contributed by atoms with E-state index < -0.39 is 17.6 Å². The molecule has 5 rings (SSSR count). The molecule has 0 radical (unpaired) electrons. The van der Waals surface area contributed by atoms with Crippen LogP contribution < -0.4 is 9.64 Å². The minimum Gasteiger partial charge on any atom is -0.467 e. The van der Waals surface area contributed by atoms with Gasteiger partial charge in [0.25, 0.3) is 5.91 Å². The molecular formula is C23H23F2N7O2. The van der Waals surface area contributed by atoms with Gasteiger partial charge in [-0.25, -0.2) is 18.7 Å². The van der Waals surface area contributed by atoms with Gasteiger partial charge < -0.3 is 14.5 Å². The number of ether oxygens (including phenoxy) is 1. The first-order chi connectivity index (χ1) is 16.4. The van der Waals surface area contributed by atoms with Crippen molar-refractivity contribution in [1.29, 1.82) is 0 Å². The Morgan fingerprint density at radius 2 is 1.91 bits per heavy atom. The molecule has 0 N–H and O–H groups in total. The first kappa shape index (κ1) is 22.1. The molecule has 0 bridgehead atoms. The molecule has 2 aliphatic rings. The molecule has 34 heavy (non-hydrogen) atoms. The van der Waals surface area contributed by atoms with E-state index in [1.165, 1.54) is 18.2 Å². The molecule has 0 unspecified atom stereocenters. The number of hydrogen-bond acceptors (Lipinski definition) is 8. The van der Waals surface area contributed by atoms with Crippen LogP contribution >= 0.6 is 0 Å². The molecule has 9 nitrogen and oxygen atoms in total. The Hall–Kier alpha value is -3.76. The highest BCUT2D eigenvalue weighted by Crippen LogP contribution is 2.37. The highest BCUT2D eigenvalue weighted by molar-refractivity contribution is 5.95. The second kappa shape index (κ2) is 8.88. The zero-order chi connectivity index (χ0) is 23.8. The summed E-state index contributed by atoms with van der Waals surface area (Å²) in [6, 6.07) is 1.62. The first-order valence-corrected chi connectivity index (χ1v) is 11.1. The van der Waals surface area contributed by atoms with Crippen molar-refractivity contribution in [3.63, 3.8) is 0 Å². The van der Waals surface area contributed by atoms with E-state index in [4.69, 9.17) is 4.74 Å². The van der Waals surface area contributed by atoms with Crippen molar-refractivity contribution in [3.8, 4) is 6.01 Å². The number of aromatic nitrogens is 5. The number of amides is 1. The van der Waals surface area contributed by atoms with Gasteiger partial charge in [0.2, 0.25) is 0 Å². The first-order valence-electron chi connectivity index (χ1n) is 11.1. The van der Waals surface area contributed by atoms with E-state index in [1.807, 2.05) is 4.90 Å². The number of anilines is 1. The lowest BCUT2D eigenvalue weighted by Gasteiger charge is -2.35. The van der Waals surface area contributed by atoms with Crippen molar-refractivity contribution < 1.29 is 18.3 Å². The predicted octanol–water partition coefficient (Wildman–Crippen LogP) is 2.81. The number of pyridine rings is 1. The van der Waals surface area contributed by atoms with E-state index in [0.717, 1.165) is 18.9 Å². The number of hydrogen-bond donors (Lipinski definition) is 0. The average Bonchev–Trinajstić information content (AvgIpc) is 3.71. The van der Waals surface area contributed by atoms with Crippen molar-refractivity contribution in [1.82, 2.24) is 29.8 Å². The fraction of sp³-hybridized carbons (Fsp3) is 0.391. The summed E-state index contributed by atoms with van der Waals surface area (Å²) in [7, 11) is 1.41. The number of aryl methyl sites for hydroxylation is 1. The standard InChI is InChI=1S/C23H23F2N7O2/c1-13-18(25)19-16(12-27-13)21(30-23(29-19)34-2)31-7-9-32(10-8-31)22(33)17(24)11-15-5-6-26-20(28-15)14-3-4-14/h5-6,11-12,14H,3-4,7-10H2,1-2H3/b17-11-. The molecular weight excluding hydrogens is 444 g/mol. The maximum Gasteiger partial charge on any atom is 0.318 e. The van der Waals surface area contributed by atoms with Gasteiger partial charge in [0.05, 0.1) is 23.9 Å². The normalized spacial score (nSPS) is 16.8. The number of fused-ring (bicyclic) bond motifs is 1. The highest BCUT2D eigenvalue weighted by Gasteiger charge is 2.28. The smallest absolute Gasteiger partial charge is 0.318 e. The van der Waals surface area contributed by atoms with Crippen LogP contribution in [0.3, 0.4) is 0 Å². The number of piperazine rings is 1. The topological polar surface area (TPSA) is 97.2 Å². The minimum atomic E-state index is -0.871. The second-order valence-corrected chi connectivity index (χ2v) is 8.34. The number of carbonyl (C=O) groups is 1. The molecule has 11 heteroatoms. The third-order valence-corrected chi connectivity index (χ3v) is 5.98. The Morgan fingerprint density at radius 1 is 1.15 bits per heavy atom. The molecule has 1 saturated carbocycles. The van der Waals surface area contributed by atoms with Crippen LogP contribution in [0.15, 0.2) is 24.3 Å². The third kappa shape index (κ3) is 4.25. The Kier molecular flexibility index (Phi) is 5.76. The maximum absolute atomic E-state index is 14.7. The molecule has 3 aromatic rings. The minimum absolute atomic E-state index is 0.0369. The van der Waals surface area contributed by atoms with Gasteiger partial charge in [-0.2, -0.15) is 9.97 Å². The molecule has 1 saturated heterocycles. The fourth-order valence-electron chi connectivity index (χ4n) is 3.92. The van der Waals surface area contributed by atoms with E-state index in [1.54, 1.807) is 19.2 Å². The van der Waals surface area contributed by atoms with E-state index >= 15 is 0 Å². The zero-order valence-corrected chi connectivity index (χ0v) is 18.8. The van der Waals surface area contributed by atoms with Crippen LogP contribution in [-0.2, 0) is 4.79 Å². The SMILES string of the molecule is COc1nc(N2CCN(C(=O)/C(F)=C/c3ccnc(C4CC4)n3)CC2)c2cnc(C)c(F)c2n1. The van der Waals surface area contributed by atoms with E-state index in [-0.39, 0.29) is 30.3 Å². The van der Waals surface area contributed by atoms with Crippen molar-refractivity contribution in [2.75, 3.05) is 38.2 Å². The second-order valence-electron chi connectivity index (χ2n) is 8.34. The van der Waals surface area contributed by atoms with E-state index in [2.05, 4.69) is 24.9 Å². The Morgan fingerprint density at radius 3 is 2.62 bits per heavy atom. The summed E-state index contributed by atoms with van der Waals surface area (Å²) in [5.74, 6) is -0.606. The predicted molar refractivity (Wildman–Crippen MR) is 120 cm³/mol. The maximum atomic E-state index is 14.7. The number of halogens is 2. The summed E-state index contributed by atoms with van der Waals surface area (Å²) in [6.07, 6.45) is 6.34. The van der Waals surface area contributed by atoms with Gasteiger partial charge in [-0.15, -0.1) is 0 Å². The van der Waals surface area contributed by atoms with Crippen LogP contribution in [-0.4, -0.2) is 69.0 Å². The van der Waals surface area contributed by atoms with Crippen molar-refractivity contribution >= 4 is 28.7 Å². The fourth-order valence-corrected chi connectivity index (χ4v) is 3.92. The van der Waals surface area contributed by atoms with E-state index in [9.17, 15) is 13.6 Å². The molecule has 0 spiro atoms. The molecule has 0 aromatic carbocycles. The monoisotopic (exact) mass is 467 g/mol. The van der Waals surface area contributed by atoms with Gasteiger partial charge in [0, 0.05) is 50.6 Å². The van der Waals surface area contributed by atoms with Gasteiger partial charge in [0.1, 0.15) is 17.2 Å². The number of carbonyl (C=O) groups excluding carboxylic acids is 1. The Balaban J connectivity index is 1.32. The summed E-state index contributed by atoms with van der Waals surface area (Å²) in [6.45, 7) is 2.86. The van der Waals surface area contributed by atoms with Gasteiger partial charge in [-0.05, 0) is 25.8 Å². The van der Waals surface area contributed by atoms with Crippen LogP contribution in [0, 0.1) is 12.7 Å². The van der Waals surface area contributed by atoms with Gasteiger partial charge >= 0.3 is 6.01 Å². The molecule has 1 amide bonds. The van der Waals surface area contributed by atoms with Gasteiger partial charge in [-0.1, -0.05) is 0 Å². The number of rotatable bonds is 5. The highest BCUT2D eigenvalue weighted by atomic mass is 19.1.